The summed E-state index contributed by atoms with van der Waals surface area (Å²) in [6.45, 7) is 6.67. The summed E-state index contributed by atoms with van der Waals surface area (Å²) in [6.07, 6.45) is 71.4. The van der Waals surface area contributed by atoms with Crippen LogP contribution in [0.4, 0.5) is 0 Å². The van der Waals surface area contributed by atoms with Crippen molar-refractivity contribution in [2.45, 2.75) is 341 Å². The highest BCUT2D eigenvalue weighted by Gasteiger charge is 2.19. The average Bonchev–Trinajstić information content (AvgIpc) is 3.36. The van der Waals surface area contributed by atoms with Crippen LogP contribution in [0.2, 0.25) is 0 Å². The minimum Gasteiger partial charge on any atom is -0.462 e. The van der Waals surface area contributed by atoms with Gasteiger partial charge in [0.1, 0.15) is 13.2 Å². The third kappa shape index (κ3) is 56.5. The van der Waals surface area contributed by atoms with Crippen molar-refractivity contribution in [1.29, 1.82) is 0 Å². The van der Waals surface area contributed by atoms with Crippen LogP contribution in [-0.2, 0) is 28.6 Å². The van der Waals surface area contributed by atoms with Gasteiger partial charge in [0.05, 0.1) is 0 Å². The molecular weight excluding hydrogens is 865 g/mol. The predicted octanol–water partition coefficient (Wildman–Crippen LogP) is 20.8. The fourth-order valence-corrected chi connectivity index (χ4v) is 9.18. The summed E-state index contributed by atoms with van der Waals surface area (Å²) in [6, 6.07) is 0. The quantitative estimate of drug-likeness (QED) is 0.0261. The van der Waals surface area contributed by atoms with Crippen LogP contribution in [0.1, 0.15) is 335 Å². The normalized spacial score (nSPS) is 12.2. The number of carbonyl (C=O) groups excluding carboxylic acids is 3. The van der Waals surface area contributed by atoms with E-state index in [1.165, 1.54) is 231 Å². The summed E-state index contributed by atoms with van der Waals surface area (Å²) in [5.41, 5.74) is 0. The van der Waals surface area contributed by atoms with Crippen LogP contribution in [-0.4, -0.2) is 37.2 Å². The van der Waals surface area contributed by atoms with Crippen molar-refractivity contribution >= 4 is 17.9 Å². The molecule has 0 aliphatic rings. The maximum absolute atomic E-state index is 12.9. The summed E-state index contributed by atoms with van der Waals surface area (Å²) < 4.78 is 16.9. The Hall–Kier alpha value is -2.37. The third-order valence-corrected chi connectivity index (χ3v) is 13.9. The molecule has 1 unspecified atom stereocenters. The van der Waals surface area contributed by atoms with E-state index in [1.807, 2.05) is 0 Å². The molecule has 6 heteroatoms. The highest BCUT2D eigenvalue weighted by Crippen LogP contribution is 2.17. The number of unbranched alkanes of at least 4 members (excludes halogenated alkanes) is 40. The second-order valence-electron chi connectivity index (χ2n) is 21.0. The minimum absolute atomic E-state index is 0.0702. The summed E-state index contributed by atoms with van der Waals surface area (Å²) >= 11 is 0. The molecule has 0 aromatic heterocycles. The van der Waals surface area contributed by atoms with Gasteiger partial charge in [0.15, 0.2) is 6.10 Å². The van der Waals surface area contributed by atoms with Crippen molar-refractivity contribution < 1.29 is 28.6 Å². The molecule has 0 aromatic rings. The third-order valence-electron chi connectivity index (χ3n) is 13.9. The predicted molar refractivity (Wildman–Crippen MR) is 302 cm³/mol. The molecule has 70 heavy (non-hydrogen) atoms. The molecule has 0 heterocycles. The Balaban J connectivity index is 4.30. The van der Waals surface area contributed by atoms with Crippen LogP contribution < -0.4 is 0 Å². The van der Waals surface area contributed by atoms with Gasteiger partial charge in [-0.25, -0.2) is 0 Å². The van der Waals surface area contributed by atoms with Crippen molar-refractivity contribution in [3.63, 3.8) is 0 Å². The first kappa shape index (κ1) is 67.6. The Labute approximate surface area is 435 Å². The molecule has 0 saturated heterocycles. The summed E-state index contributed by atoms with van der Waals surface area (Å²) in [5, 5.41) is 0. The smallest absolute Gasteiger partial charge is 0.306 e. The number of hydrogen-bond donors (Lipinski definition) is 0. The van der Waals surface area contributed by atoms with Crippen LogP contribution in [0.5, 0.6) is 0 Å². The average molecular weight is 984 g/mol. The van der Waals surface area contributed by atoms with Gasteiger partial charge in [-0.2, -0.15) is 0 Å². The number of ether oxygens (including phenoxy) is 3. The topological polar surface area (TPSA) is 78.9 Å². The van der Waals surface area contributed by atoms with E-state index in [0.717, 1.165) is 64.2 Å². The molecule has 0 spiro atoms. The lowest BCUT2D eigenvalue weighted by atomic mass is 10.0. The van der Waals surface area contributed by atoms with Crippen molar-refractivity contribution in [1.82, 2.24) is 0 Å². The van der Waals surface area contributed by atoms with Crippen molar-refractivity contribution in [3.8, 4) is 0 Å². The first-order valence-corrected chi connectivity index (χ1v) is 31.0. The van der Waals surface area contributed by atoms with Gasteiger partial charge in [-0.15, -0.1) is 0 Å². The van der Waals surface area contributed by atoms with Crippen LogP contribution in [0.15, 0.2) is 36.5 Å². The van der Waals surface area contributed by atoms with Crippen LogP contribution in [0.3, 0.4) is 0 Å². The molecule has 410 valence electrons. The Kier molecular flexibility index (Phi) is 57.2. The second kappa shape index (κ2) is 59.2. The number of hydrogen-bond acceptors (Lipinski definition) is 6. The van der Waals surface area contributed by atoms with Gasteiger partial charge < -0.3 is 14.2 Å². The summed E-state index contributed by atoms with van der Waals surface area (Å²) in [7, 11) is 0. The molecule has 6 nitrogen and oxygen atoms in total. The van der Waals surface area contributed by atoms with E-state index < -0.39 is 6.10 Å². The number of esters is 3. The lowest BCUT2D eigenvalue weighted by Crippen LogP contribution is -2.30. The largest absolute Gasteiger partial charge is 0.462 e. The van der Waals surface area contributed by atoms with Gasteiger partial charge in [-0.05, 0) is 77.0 Å². The van der Waals surface area contributed by atoms with E-state index >= 15 is 0 Å². The highest BCUT2D eigenvalue weighted by atomic mass is 16.6. The van der Waals surface area contributed by atoms with Crippen LogP contribution in [0, 0.1) is 0 Å². The van der Waals surface area contributed by atoms with Gasteiger partial charge in [0.25, 0.3) is 0 Å². The first-order valence-electron chi connectivity index (χ1n) is 31.0. The maximum atomic E-state index is 12.9. The van der Waals surface area contributed by atoms with Crippen LogP contribution >= 0.6 is 0 Å². The zero-order valence-corrected chi connectivity index (χ0v) is 47.1. The number of allylic oxidation sites excluding steroid dienone is 6. The van der Waals surface area contributed by atoms with E-state index in [1.54, 1.807) is 0 Å². The molecule has 0 N–H and O–H groups in total. The number of rotatable bonds is 57. The molecule has 0 fully saturated rings. The lowest BCUT2D eigenvalue weighted by Gasteiger charge is -2.18. The van der Waals surface area contributed by atoms with Crippen molar-refractivity contribution in [2.24, 2.45) is 0 Å². The van der Waals surface area contributed by atoms with Crippen molar-refractivity contribution in [2.75, 3.05) is 13.2 Å². The fourth-order valence-electron chi connectivity index (χ4n) is 9.18. The molecule has 0 rings (SSSR count). The molecule has 0 aromatic carbocycles. The second-order valence-corrected chi connectivity index (χ2v) is 21.0. The number of carbonyl (C=O) groups is 3. The Morgan fingerprint density at radius 1 is 0.286 bits per heavy atom. The molecular formula is C64H118O6. The van der Waals surface area contributed by atoms with Crippen molar-refractivity contribution in [3.05, 3.63) is 36.5 Å². The Morgan fingerprint density at radius 3 is 0.800 bits per heavy atom. The summed E-state index contributed by atoms with van der Waals surface area (Å²) in [4.78, 5) is 38.2. The first-order chi connectivity index (χ1) is 34.5. The van der Waals surface area contributed by atoms with Gasteiger partial charge in [-0.3, -0.25) is 14.4 Å². The molecule has 0 amide bonds. The van der Waals surface area contributed by atoms with Gasteiger partial charge in [0, 0.05) is 19.3 Å². The standard InChI is InChI=1S/C64H118O6/c1-4-7-10-13-16-19-22-25-27-29-31-32-34-35-37-39-42-45-48-51-54-57-63(66)69-60-61(59-68-62(65)56-53-50-47-44-41-24-21-18-15-12-9-6-3)70-64(67)58-55-52-49-46-43-40-38-36-33-30-28-26-23-20-17-14-11-8-5-2/h22,25-26,28-29,31,61H,4-21,23-24,27,30,32-60H2,1-3H3/b25-22-,28-26-,31-29-. The van der Waals surface area contributed by atoms with E-state index in [9.17, 15) is 14.4 Å². The van der Waals surface area contributed by atoms with Gasteiger partial charge in [0.2, 0.25) is 0 Å². The molecule has 0 radical (unpaired) electrons. The molecule has 0 aliphatic heterocycles. The molecule has 0 bridgehead atoms. The zero-order chi connectivity index (χ0) is 50.7. The maximum Gasteiger partial charge on any atom is 0.306 e. The Bertz CT molecular complexity index is 1170. The Morgan fingerprint density at radius 2 is 0.514 bits per heavy atom. The fraction of sp³-hybridized carbons (Fsp3) is 0.859. The minimum atomic E-state index is -0.772. The zero-order valence-electron chi connectivity index (χ0n) is 47.1. The monoisotopic (exact) mass is 983 g/mol. The highest BCUT2D eigenvalue weighted by molar-refractivity contribution is 5.71. The lowest BCUT2D eigenvalue weighted by molar-refractivity contribution is -0.167. The SMILES string of the molecule is CCCCCCC/C=C\C/C=C\CCCCCCCCCCCC(=O)OCC(COC(=O)CCCCCCCCCCCCCC)OC(=O)CCCCCCCCCCC/C=C\CCCCCCCC. The van der Waals surface area contributed by atoms with E-state index in [4.69, 9.17) is 14.2 Å². The molecule has 0 saturated carbocycles. The molecule has 0 aliphatic carbocycles. The van der Waals surface area contributed by atoms with Gasteiger partial charge in [-0.1, -0.05) is 276 Å². The molecule has 1 atom stereocenters. The van der Waals surface area contributed by atoms with E-state index in [2.05, 4.69) is 57.2 Å². The van der Waals surface area contributed by atoms with Crippen LogP contribution in [0.25, 0.3) is 0 Å². The van der Waals surface area contributed by atoms with E-state index in [0.29, 0.717) is 19.3 Å². The summed E-state index contributed by atoms with van der Waals surface area (Å²) in [5.74, 6) is -0.856. The van der Waals surface area contributed by atoms with E-state index in [-0.39, 0.29) is 31.1 Å². The van der Waals surface area contributed by atoms with Gasteiger partial charge >= 0.3 is 17.9 Å².